The Balaban J connectivity index is 1.49. The largest absolute Gasteiger partial charge is 0.314 e. The number of rotatable bonds is 5. The number of pyridine rings is 1. The molecule has 0 radical (unpaired) electrons. The molecular weight excluding hydrogens is 258 g/mol. The Hall–Kier alpha value is -0.930. The van der Waals surface area contributed by atoms with Crippen LogP contribution >= 0.6 is 0 Å². The lowest BCUT2D eigenvalue weighted by Gasteiger charge is -2.40. The van der Waals surface area contributed by atoms with Gasteiger partial charge in [0.1, 0.15) is 0 Å². The van der Waals surface area contributed by atoms with Crippen molar-refractivity contribution in [1.82, 2.24) is 15.6 Å². The van der Waals surface area contributed by atoms with E-state index in [0.717, 1.165) is 31.0 Å². The first-order valence-corrected chi connectivity index (χ1v) is 8.79. The molecule has 1 aliphatic carbocycles. The van der Waals surface area contributed by atoms with Gasteiger partial charge in [-0.2, -0.15) is 0 Å². The van der Waals surface area contributed by atoms with Crippen LogP contribution in [0.25, 0.3) is 0 Å². The minimum atomic E-state index is 0.719. The van der Waals surface area contributed by atoms with E-state index >= 15 is 0 Å². The molecule has 3 rings (SSSR count). The fraction of sp³-hybridized carbons (Fsp3) is 0.722. The van der Waals surface area contributed by atoms with E-state index in [-0.39, 0.29) is 0 Å². The molecule has 21 heavy (non-hydrogen) atoms. The van der Waals surface area contributed by atoms with E-state index in [1.165, 1.54) is 57.1 Å². The summed E-state index contributed by atoms with van der Waals surface area (Å²) in [5.41, 5.74) is 1.39. The van der Waals surface area contributed by atoms with E-state index in [0.29, 0.717) is 0 Å². The van der Waals surface area contributed by atoms with E-state index in [1.54, 1.807) is 0 Å². The van der Waals surface area contributed by atoms with Gasteiger partial charge >= 0.3 is 0 Å². The van der Waals surface area contributed by atoms with Gasteiger partial charge in [0, 0.05) is 24.5 Å². The average Bonchev–Trinajstić information content (AvgIpc) is 2.57. The van der Waals surface area contributed by atoms with Gasteiger partial charge in [-0.25, -0.2) is 0 Å². The van der Waals surface area contributed by atoms with Crippen LogP contribution in [0.15, 0.2) is 24.5 Å². The maximum atomic E-state index is 4.09. The molecule has 1 aromatic heterocycles. The fourth-order valence-corrected chi connectivity index (χ4v) is 4.09. The normalized spacial score (nSPS) is 30.2. The van der Waals surface area contributed by atoms with Crippen LogP contribution in [0, 0.1) is 5.92 Å². The van der Waals surface area contributed by atoms with Gasteiger partial charge in [0.2, 0.25) is 0 Å². The fourth-order valence-electron chi connectivity index (χ4n) is 4.09. The van der Waals surface area contributed by atoms with Gasteiger partial charge < -0.3 is 10.6 Å². The van der Waals surface area contributed by atoms with E-state index in [1.807, 2.05) is 12.4 Å². The molecule has 3 atom stereocenters. The van der Waals surface area contributed by atoms with Gasteiger partial charge in [0.05, 0.1) is 0 Å². The molecule has 3 unspecified atom stereocenters. The highest BCUT2D eigenvalue weighted by Crippen LogP contribution is 2.30. The number of nitrogens with one attached hydrogen (secondary N) is 2. The molecule has 0 bridgehead atoms. The summed E-state index contributed by atoms with van der Waals surface area (Å²) in [6, 6.07) is 5.74. The van der Waals surface area contributed by atoms with Gasteiger partial charge in [-0.05, 0) is 68.8 Å². The Labute approximate surface area is 128 Å². The van der Waals surface area contributed by atoms with Crippen LogP contribution in [0.4, 0.5) is 0 Å². The molecule has 0 amide bonds. The minimum absolute atomic E-state index is 0.719. The van der Waals surface area contributed by atoms with Crippen LogP contribution in [-0.2, 0) is 6.42 Å². The first kappa shape index (κ1) is 15.0. The Kier molecular flexibility index (Phi) is 5.64. The van der Waals surface area contributed by atoms with Gasteiger partial charge in [-0.3, -0.25) is 4.98 Å². The summed E-state index contributed by atoms with van der Waals surface area (Å²) in [6.45, 7) is 2.32. The van der Waals surface area contributed by atoms with Crippen molar-refractivity contribution in [2.45, 2.75) is 63.5 Å². The lowest BCUT2D eigenvalue weighted by molar-refractivity contribution is 0.182. The van der Waals surface area contributed by atoms with E-state index in [2.05, 4.69) is 27.8 Å². The second-order valence-corrected chi connectivity index (χ2v) is 6.67. The molecular formula is C18H29N3. The summed E-state index contributed by atoms with van der Waals surface area (Å²) in [5, 5.41) is 7.64. The van der Waals surface area contributed by atoms with Gasteiger partial charge in [-0.1, -0.05) is 19.3 Å². The van der Waals surface area contributed by atoms with E-state index in [4.69, 9.17) is 0 Å². The zero-order chi connectivity index (χ0) is 14.3. The molecule has 2 aliphatic rings. The van der Waals surface area contributed by atoms with Crippen molar-refractivity contribution in [2.24, 2.45) is 5.92 Å². The molecule has 1 aliphatic heterocycles. The first-order chi connectivity index (χ1) is 10.4. The third-order valence-corrected chi connectivity index (χ3v) is 5.25. The molecule has 0 aromatic carbocycles. The zero-order valence-electron chi connectivity index (χ0n) is 13.1. The minimum Gasteiger partial charge on any atom is -0.314 e. The summed E-state index contributed by atoms with van der Waals surface area (Å²) >= 11 is 0. The molecule has 116 valence electrons. The van der Waals surface area contributed by atoms with E-state index in [9.17, 15) is 0 Å². The Morgan fingerprint density at radius 1 is 1.05 bits per heavy atom. The highest BCUT2D eigenvalue weighted by Gasteiger charge is 2.31. The Morgan fingerprint density at radius 2 is 1.86 bits per heavy atom. The smallest absolute Gasteiger partial charge is 0.0270 e. The van der Waals surface area contributed by atoms with Gasteiger partial charge in [-0.15, -0.1) is 0 Å². The van der Waals surface area contributed by atoms with Crippen molar-refractivity contribution < 1.29 is 0 Å². The lowest BCUT2D eigenvalue weighted by Crippen LogP contribution is -2.50. The summed E-state index contributed by atoms with van der Waals surface area (Å²) in [7, 11) is 0. The summed E-state index contributed by atoms with van der Waals surface area (Å²) in [6.07, 6.45) is 14.7. The second-order valence-electron chi connectivity index (χ2n) is 6.67. The number of piperidine rings is 1. The van der Waals surface area contributed by atoms with Crippen LogP contribution in [0.2, 0.25) is 0 Å². The van der Waals surface area contributed by atoms with Crippen LogP contribution in [0.3, 0.4) is 0 Å². The molecule has 0 spiro atoms. The Bertz CT molecular complexity index is 400. The van der Waals surface area contributed by atoms with Crippen molar-refractivity contribution in [2.75, 3.05) is 13.1 Å². The topological polar surface area (TPSA) is 37.0 Å². The van der Waals surface area contributed by atoms with Crippen molar-refractivity contribution in [3.63, 3.8) is 0 Å². The lowest BCUT2D eigenvalue weighted by atomic mass is 9.77. The van der Waals surface area contributed by atoms with Crippen LogP contribution in [0.1, 0.15) is 50.5 Å². The predicted molar refractivity (Wildman–Crippen MR) is 87.3 cm³/mol. The summed E-state index contributed by atoms with van der Waals surface area (Å²) in [4.78, 5) is 4.09. The molecule has 3 nitrogen and oxygen atoms in total. The molecule has 1 saturated heterocycles. The molecule has 3 heteroatoms. The van der Waals surface area contributed by atoms with Crippen LogP contribution < -0.4 is 10.6 Å². The number of aromatic nitrogens is 1. The Morgan fingerprint density at radius 3 is 2.67 bits per heavy atom. The van der Waals surface area contributed by atoms with Gasteiger partial charge in [0.15, 0.2) is 0 Å². The summed E-state index contributed by atoms with van der Waals surface area (Å²) < 4.78 is 0. The highest BCUT2D eigenvalue weighted by molar-refractivity contribution is 5.10. The summed E-state index contributed by atoms with van der Waals surface area (Å²) in [5.74, 6) is 0.844. The third kappa shape index (κ3) is 4.27. The van der Waals surface area contributed by atoms with E-state index < -0.39 is 0 Å². The molecule has 2 fully saturated rings. The standard InChI is InChI=1S/C18H29N3/c1-2-6-18(16(5-1)17-7-3-4-11-20-17)21-14-10-15-8-12-19-13-9-15/h8-9,12-13,16-18,20-21H,1-7,10-11,14H2. The first-order valence-electron chi connectivity index (χ1n) is 8.79. The quantitative estimate of drug-likeness (QED) is 0.874. The van der Waals surface area contributed by atoms with Crippen LogP contribution in [-0.4, -0.2) is 30.2 Å². The van der Waals surface area contributed by atoms with Crippen molar-refractivity contribution in [3.8, 4) is 0 Å². The molecule has 2 N–H and O–H groups in total. The molecule has 2 heterocycles. The number of hydrogen-bond acceptors (Lipinski definition) is 3. The SMILES string of the molecule is c1cc(CCNC2CCCCC2C2CCCCN2)ccn1. The predicted octanol–water partition coefficient (Wildman–Crippen LogP) is 2.91. The third-order valence-electron chi connectivity index (χ3n) is 5.25. The molecule has 1 saturated carbocycles. The highest BCUT2D eigenvalue weighted by atomic mass is 15.0. The average molecular weight is 287 g/mol. The van der Waals surface area contributed by atoms with Crippen molar-refractivity contribution >= 4 is 0 Å². The maximum Gasteiger partial charge on any atom is 0.0270 e. The maximum absolute atomic E-state index is 4.09. The monoisotopic (exact) mass is 287 g/mol. The molecule has 1 aromatic rings. The van der Waals surface area contributed by atoms with Crippen molar-refractivity contribution in [1.29, 1.82) is 0 Å². The second kappa shape index (κ2) is 7.90. The zero-order valence-corrected chi connectivity index (χ0v) is 13.1. The van der Waals surface area contributed by atoms with Crippen LogP contribution in [0.5, 0.6) is 0 Å². The number of nitrogens with zero attached hydrogens (tertiary/aromatic N) is 1. The van der Waals surface area contributed by atoms with Crippen molar-refractivity contribution in [3.05, 3.63) is 30.1 Å². The number of hydrogen-bond donors (Lipinski definition) is 2. The van der Waals surface area contributed by atoms with Gasteiger partial charge in [0.25, 0.3) is 0 Å².